The van der Waals surface area contributed by atoms with Crippen LogP contribution in [0.5, 0.6) is 0 Å². The molecule has 0 fully saturated rings. The predicted molar refractivity (Wildman–Crippen MR) is 113 cm³/mol. The van der Waals surface area contributed by atoms with Crippen molar-refractivity contribution in [1.82, 2.24) is 14.8 Å². The van der Waals surface area contributed by atoms with Crippen LogP contribution < -0.4 is 5.32 Å². The van der Waals surface area contributed by atoms with Crippen molar-refractivity contribution < 1.29 is 14.6 Å². The second kappa shape index (κ2) is 7.38. The van der Waals surface area contributed by atoms with Gasteiger partial charge in [0.15, 0.2) is 11.6 Å². The third-order valence-electron chi connectivity index (χ3n) is 5.58. The Labute approximate surface area is 180 Å². The number of fused-ring (bicyclic) bond motifs is 1. The fraction of sp³-hybridized carbons (Fsp3) is 0.190. The van der Waals surface area contributed by atoms with E-state index in [-0.39, 0.29) is 23.0 Å². The molecule has 0 radical (unpaired) electrons. The number of Topliss-reactive ketones (excluding diaryl/α,β-unsaturated/α-hetero) is 1. The lowest BCUT2D eigenvalue weighted by molar-refractivity contribution is -0.385. The van der Waals surface area contributed by atoms with E-state index >= 15 is 0 Å². The number of aromatic nitrogens is 3. The number of hydrogen-bond donors (Lipinski definition) is 1. The van der Waals surface area contributed by atoms with Gasteiger partial charge in [0.1, 0.15) is 6.04 Å². The van der Waals surface area contributed by atoms with Crippen LogP contribution in [0.4, 0.5) is 17.3 Å². The van der Waals surface area contributed by atoms with Crippen molar-refractivity contribution >= 4 is 23.1 Å². The van der Waals surface area contributed by atoms with E-state index in [0.29, 0.717) is 41.9 Å². The first-order valence-electron chi connectivity index (χ1n) is 9.91. The summed E-state index contributed by atoms with van der Waals surface area (Å²) in [4.78, 5) is 38.9. The molecule has 32 heavy (non-hydrogen) atoms. The first kappa shape index (κ1) is 19.5. The number of carbonyl (C=O) groups is 1. The molecule has 1 atom stereocenters. The van der Waals surface area contributed by atoms with Gasteiger partial charge in [0.25, 0.3) is 11.4 Å². The maximum Gasteiger partial charge on any atom is 0.270 e. The van der Waals surface area contributed by atoms with Crippen LogP contribution in [0, 0.1) is 20.2 Å². The first-order chi connectivity index (χ1) is 15.4. The number of benzene rings is 2. The third kappa shape index (κ3) is 3.20. The predicted octanol–water partition coefficient (Wildman–Crippen LogP) is 3.78. The Morgan fingerprint density at radius 3 is 2.47 bits per heavy atom. The van der Waals surface area contributed by atoms with Crippen molar-refractivity contribution in [2.45, 2.75) is 25.3 Å². The second-order valence-corrected chi connectivity index (χ2v) is 7.56. The molecule has 0 saturated heterocycles. The van der Waals surface area contributed by atoms with Crippen LogP contribution in [0.3, 0.4) is 0 Å². The summed E-state index contributed by atoms with van der Waals surface area (Å²) in [5.41, 5.74) is 2.05. The zero-order valence-corrected chi connectivity index (χ0v) is 16.6. The van der Waals surface area contributed by atoms with Gasteiger partial charge in [0.05, 0.1) is 9.85 Å². The Kier molecular flexibility index (Phi) is 4.51. The van der Waals surface area contributed by atoms with Gasteiger partial charge in [-0.3, -0.25) is 25.0 Å². The van der Waals surface area contributed by atoms with Gasteiger partial charge in [0, 0.05) is 47.5 Å². The minimum absolute atomic E-state index is 0.0479. The van der Waals surface area contributed by atoms with E-state index in [9.17, 15) is 25.0 Å². The zero-order chi connectivity index (χ0) is 22.4. The van der Waals surface area contributed by atoms with E-state index in [1.807, 2.05) is 0 Å². The Balaban J connectivity index is 1.67. The minimum Gasteiger partial charge on any atom is -0.328 e. The van der Waals surface area contributed by atoms with Gasteiger partial charge >= 0.3 is 0 Å². The highest BCUT2D eigenvalue weighted by molar-refractivity contribution is 5.99. The number of carbonyl (C=O) groups excluding carboxylic acids is 1. The third-order valence-corrected chi connectivity index (χ3v) is 5.58. The van der Waals surface area contributed by atoms with Gasteiger partial charge in [-0.2, -0.15) is 4.98 Å². The molecular formula is C21H16N6O5. The largest absolute Gasteiger partial charge is 0.328 e. The number of allylic oxidation sites excluding steroid dienone is 2. The van der Waals surface area contributed by atoms with Crippen LogP contribution >= 0.6 is 0 Å². The summed E-state index contributed by atoms with van der Waals surface area (Å²) in [7, 11) is 0. The summed E-state index contributed by atoms with van der Waals surface area (Å²) in [6.07, 6.45) is 1.72. The van der Waals surface area contributed by atoms with Crippen LogP contribution in [-0.2, 0) is 4.79 Å². The molecule has 11 nitrogen and oxygen atoms in total. The maximum absolute atomic E-state index is 12.9. The smallest absolute Gasteiger partial charge is 0.270 e. The lowest BCUT2D eigenvalue weighted by Crippen LogP contribution is -2.31. The van der Waals surface area contributed by atoms with Crippen molar-refractivity contribution in [2.24, 2.45) is 0 Å². The summed E-state index contributed by atoms with van der Waals surface area (Å²) in [5.74, 6) is 0.573. The fourth-order valence-corrected chi connectivity index (χ4v) is 4.15. The Bertz CT molecular complexity index is 1330. The molecule has 2 aromatic carbocycles. The van der Waals surface area contributed by atoms with E-state index in [2.05, 4.69) is 15.4 Å². The highest BCUT2D eigenvalue weighted by Crippen LogP contribution is 2.41. The van der Waals surface area contributed by atoms with E-state index in [1.54, 1.807) is 24.3 Å². The Morgan fingerprint density at radius 2 is 1.72 bits per heavy atom. The molecule has 1 N–H and O–H groups in total. The van der Waals surface area contributed by atoms with E-state index in [0.717, 1.165) is 5.70 Å². The molecule has 0 amide bonds. The molecule has 3 aromatic rings. The number of nitrogens with zero attached hydrogens (tertiary/aromatic N) is 5. The van der Waals surface area contributed by atoms with E-state index in [1.165, 1.54) is 28.9 Å². The minimum atomic E-state index is -0.686. The molecule has 2 aliphatic rings. The average Bonchev–Trinajstić information content (AvgIpc) is 3.22. The van der Waals surface area contributed by atoms with Gasteiger partial charge in [-0.15, -0.1) is 5.10 Å². The van der Waals surface area contributed by atoms with Crippen LogP contribution in [0.25, 0.3) is 11.4 Å². The summed E-state index contributed by atoms with van der Waals surface area (Å²) in [6.45, 7) is 0. The molecule has 2 heterocycles. The molecule has 1 unspecified atom stereocenters. The van der Waals surface area contributed by atoms with Crippen LogP contribution in [0.1, 0.15) is 30.9 Å². The van der Waals surface area contributed by atoms with Crippen LogP contribution in [0.15, 0.2) is 59.8 Å². The van der Waals surface area contributed by atoms with Gasteiger partial charge in [-0.1, -0.05) is 24.3 Å². The van der Waals surface area contributed by atoms with Crippen LogP contribution in [-0.4, -0.2) is 30.4 Å². The van der Waals surface area contributed by atoms with Gasteiger partial charge in [-0.05, 0) is 18.4 Å². The zero-order valence-electron chi connectivity index (χ0n) is 16.6. The van der Waals surface area contributed by atoms with Crippen molar-refractivity contribution in [3.05, 3.63) is 85.6 Å². The van der Waals surface area contributed by atoms with Gasteiger partial charge in [-0.25, -0.2) is 4.68 Å². The number of non-ortho nitro benzene ring substituents is 2. The molecule has 0 spiro atoms. The Hall–Kier alpha value is -4.41. The Morgan fingerprint density at radius 1 is 1.00 bits per heavy atom. The van der Waals surface area contributed by atoms with Crippen molar-refractivity contribution in [1.29, 1.82) is 0 Å². The summed E-state index contributed by atoms with van der Waals surface area (Å²) in [6, 6.07) is 11.4. The molecule has 0 saturated carbocycles. The van der Waals surface area contributed by atoms with Crippen LogP contribution in [0.2, 0.25) is 0 Å². The molecule has 1 aliphatic heterocycles. The summed E-state index contributed by atoms with van der Waals surface area (Å²) < 4.78 is 1.52. The number of hydrogen-bond acceptors (Lipinski definition) is 8. The molecular weight excluding hydrogens is 416 g/mol. The topological polar surface area (TPSA) is 146 Å². The molecule has 160 valence electrons. The van der Waals surface area contributed by atoms with Crippen molar-refractivity contribution in [3.63, 3.8) is 0 Å². The number of ketones is 1. The quantitative estimate of drug-likeness (QED) is 0.484. The first-order valence-corrected chi connectivity index (χ1v) is 9.91. The van der Waals surface area contributed by atoms with Gasteiger partial charge < -0.3 is 5.32 Å². The summed E-state index contributed by atoms with van der Waals surface area (Å²) >= 11 is 0. The fourth-order valence-electron chi connectivity index (χ4n) is 4.15. The normalized spacial score (nSPS) is 17.4. The molecule has 1 aromatic heterocycles. The monoisotopic (exact) mass is 432 g/mol. The number of nitrogens with one attached hydrogen (secondary N) is 1. The van der Waals surface area contributed by atoms with E-state index < -0.39 is 15.9 Å². The number of nitro benzene ring substituents is 2. The maximum atomic E-state index is 12.9. The SMILES string of the molecule is O=C1CCCC2=C1C(c1cccc([N+](=O)[O-])c1)n1nc(-c3cccc([N+](=O)[O-])c3)nc1N2. The number of anilines is 1. The average molecular weight is 432 g/mol. The highest BCUT2D eigenvalue weighted by Gasteiger charge is 2.37. The van der Waals surface area contributed by atoms with Gasteiger partial charge in [0.2, 0.25) is 5.95 Å². The van der Waals surface area contributed by atoms with Crippen molar-refractivity contribution in [3.8, 4) is 11.4 Å². The van der Waals surface area contributed by atoms with Crippen molar-refractivity contribution in [2.75, 3.05) is 5.32 Å². The molecule has 11 heteroatoms. The molecule has 1 aliphatic carbocycles. The number of nitro groups is 2. The summed E-state index contributed by atoms with van der Waals surface area (Å²) in [5, 5.41) is 30.2. The molecule has 0 bridgehead atoms. The standard InChI is InChI=1S/C21H16N6O5/c28-17-9-3-8-16-18(17)19(12-4-1-6-14(10-12)26(29)30)25-21(22-16)23-20(24-25)13-5-2-7-15(11-13)27(31)32/h1-2,4-7,10-11,19H,3,8-9H2,(H,22,23,24). The lowest BCUT2D eigenvalue weighted by atomic mass is 9.85. The van der Waals surface area contributed by atoms with E-state index in [4.69, 9.17) is 0 Å². The molecule has 5 rings (SSSR count). The second-order valence-electron chi connectivity index (χ2n) is 7.56. The lowest BCUT2D eigenvalue weighted by Gasteiger charge is -2.32. The number of rotatable bonds is 4. The highest BCUT2D eigenvalue weighted by atomic mass is 16.6.